The number of carbonyl (C=O) groups is 1. The van der Waals surface area contributed by atoms with Gasteiger partial charge >= 0.3 is 6.18 Å². The number of ether oxygens (including phenoxy) is 1. The lowest BCUT2D eigenvalue weighted by Gasteiger charge is -2.40. The second-order valence-corrected chi connectivity index (χ2v) is 11.1. The van der Waals surface area contributed by atoms with Crippen molar-refractivity contribution in [3.8, 4) is 11.8 Å². The Morgan fingerprint density at radius 3 is 2.46 bits per heavy atom. The molecule has 9 heteroatoms. The third-order valence-electron chi connectivity index (χ3n) is 7.60. The number of allylic oxidation sites excluding steroid dienone is 3. The number of anilines is 1. The van der Waals surface area contributed by atoms with Crippen LogP contribution in [-0.4, -0.2) is 5.78 Å². The molecular formula is C32H27BrF3N3O2. The normalized spacial score (nSPS) is 17.4. The molecule has 0 fully saturated rings. The molecule has 0 saturated carbocycles. The van der Waals surface area contributed by atoms with Gasteiger partial charge in [-0.25, -0.2) is 0 Å². The summed E-state index contributed by atoms with van der Waals surface area (Å²) in [5.74, 6) is 0.00249. The molecular weight excluding hydrogens is 595 g/mol. The minimum absolute atomic E-state index is 0.0969. The van der Waals surface area contributed by atoms with Gasteiger partial charge in [0, 0.05) is 23.4 Å². The van der Waals surface area contributed by atoms with Crippen molar-refractivity contribution in [3.05, 3.63) is 116 Å². The second-order valence-electron chi connectivity index (χ2n) is 10.2. The Morgan fingerprint density at radius 1 is 1.10 bits per heavy atom. The van der Waals surface area contributed by atoms with Crippen LogP contribution in [0.2, 0.25) is 0 Å². The molecule has 210 valence electrons. The molecule has 1 aliphatic heterocycles. The Kier molecular flexibility index (Phi) is 7.71. The second kappa shape index (κ2) is 11.1. The number of nitrogens with two attached hydrogens (primary N) is 1. The van der Waals surface area contributed by atoms with Crippen LogP contribution < -0.4 is 15.4 Å². The highest BCUT2D eigenvalue weighted by Crippen LogP contribution is 2.47. The molecule has 41 heavy (non-hydrogen) atoms. The maximum atomic E-state index is 13.5. The fourth-order valence-corrected chi connectivity index (χ4v) is 6.02. The Morgan fingerprint density at radius 2 is 1.80 bits per heavy atom. The predicted octanol–water partition coefficient (Wildman–Crippen LogP) is 7.97. The van der Waals surface area contributed by atoms with E-state index in [4.69, 9.17) is 10.5 Å². The average Bonchev–Trinajstić information content (AvgIpc) is 2.93. The largest absolute Gasteiger partial charge is 0.488 e. The van der Waals surface area contributed by atoms with E-state index in [1.165, 1.54) is 12.1 Å². The fourth-order valence-electron chi connectivity index (χ4n) is 5.62. The number of hydrogen-bond donors (Lipinski definition) is 1. The highest BCUT2D eigenvalue weighted by Gasteiger charge is 2.41. The number of hydrogen-bond acceptors (Lipinski definition) is 5. The van der Waals surface area contributed by atoms with Gasteiger partial charge in [0.2, 0.25) is 0 Å². The van der Waals surface area contributed by atoms with E-state index in [1.807, 2.05) is 50.2 Å². The Labute approximate surface area is 244 Å². The van der Waals surface area contributed by atoms with E-state index in [0.717, 1.165) is 38.9 Å². The number of halogens is 4. The number of rotatable bonds is 5. The zero-order valence-corrected chi connectivity index (χ0v) is 24.1. The number of Topliss-reactive ketones (excluding diaryl/α,β-unsaturated/α-hetero) is 1. The van der Waals surface area contributed by atoms with Crippen molar-refractivity contribution >= 4 is 27.4 Å². The Hall–Kier alpha value is -4.03. The van der Waals surface area contributed by atoms with Crippen molar-refractivity contribution in [2.24, 2.45) is 5.73 Å². The van der Waals surface area contributed by atoms with Crippen LogP contribution in [-0.2, 0) is 17.6 Å². The van der Waals surface area contributed by atoms with E-state index < -0.39 is 17.7 Å². The number of benzene rings is 3. The van der Waals surface area contributed by atoms with Gasteiger partial charge in [-0.3, -0.25) is 9.69 Å². The van der Waals surface area contributed by atoms with Crippen molar-refractivity contribution in [1.29, 1.82) is 5.26 Å². The lowest BCUT2D eigenvalue weighted by Crippen LogP contribution is -2.39. The van der Waals surface area contributed by atoms with Gasteiger partial charge in [0.15, 0.2) is 5.78 Å². The maximum absolute atomic E-state index is 13.5. The van der Waals surface area contributed by atoms with Crippen molar-refractivity contribution < 1.29 is 22.7 Å². The number of para-hydroxylation sites is 1. The van der Waals surface area contributed by atoms with Crippen molar-refractivity contribution in [1.82, 2.24) is 0 Å². The molecule has 3 aromatic carbocycles. The Bertz CT molecular complexity index is 1640. The van der Waals surface area contributed by atoms with Gasteiger partial charge in [-0.05, 0) is 95.7 Å². The molecule has 0 radical (unpaired) electrons. The third-order valence-corrected chi connectivity index (χ3v) is 8.25. The molecule has 5 rings (SSSR count). The minimum Gasteiger partial charge on any atom is -0.488 e. The van der Waals surface area contributed by atoms with E-state index in [-0.39, 0.29) is 23.8 Å². The molecule has 0 spiro atoms. The number of ketones is 1. The minimum atomic E-state index is -4.49. The summed E-state index contributed by atoms with van der Waals surface area (Å²) in [4.78, 5) is 15.1. The van der Waals surface area contributed by atoms with Gasteiger partial charge in [0.1, 0.15) is 18.2 Å². The van der Waals surface area contributed by atoms with Crippen LogP contribution in [0.4, 0.5) is 18.9 Å². The number of carbonyl (C=O) groups excluding carboxylic acids is 1. The maximum Gasteiger partial charge on any atom is 0.416 e. The summed E-state index contributed by atoms with van der Waals surface area (Å²) in [5.41, 5.74) is 11.0. The molecule has 5 nitrogen and oxygen atoms in total. The molecule has 3 aromatic rings. The van der Waals surface area contributed by atoms with Crippen LogP contribution >= 0.6 is 15.9 Å². The van der Waals surface area contributed by atoms with Crippen LogP contribution in [0, 0.1) is 25.2 Å². The smallest absolute Gasteiger partial charge is 0.416 e. The van der Waals surface area contributed by atoms with Crippen molar-refractivity contribution in [2.75, 3.05) is 4.90 Å². The molecule has 1 aliphatic carbocycles. The van der Waals surface area contributed by atoms with E-state index in [9.17, 15) is 23.2 Å². The van der Waals surface area contributed by atoms with Crippen LogP contribution in [0.25, 0.3) is 0 Å². The first-order valence-electron chi connectivity index (χ1n) is 13.1. The summed E-state index contributed by atoms with van der Waals surface area (Å²) in [6.07, 6.45) is -3.09. The lowest BCUT2D eigenvalue weighted by molar-refractivity contribution is -0.137. The summed E-state index contributed by atoms with van der Waals surface area (Å²) >= 11 is 3.50. The summed E-state index contributed by atoms with van der Waals surface area (Å²) < 4.78 is 46.6. The summed E-state index contributed by atoms with van der Waals surface area (Å²) in [6, 6.07) is 18.4. The first-order chi connectivity index (χ1) is 19.5. The molecule has 1 atom stereocenters. The van der Waals surface area contributed by atoms with Gasteiger partial charge in [-0.15, -0.1) is 0 Å². The predicted molar refractivity (Wildman–Crippen MR) is 154 cm³/mol. The number of aryl methyl sites for hydroxylation is 1. The van der Waals surface area contributed by atoms with Crippen molar-refractivity contribution in [2.45, 2.75) is 51.8 Å². The SMILES string of the molecule is Cc1cc(COc2ccccc2Br)c(C)c(C2C(C#N)=C(N)N(c3ccc(C(F)(F)F)cc3)C3=C2C(=O)CCC3)c1. The van der Waals surface area contributed by atoms with Crippen LogP contribution in [0.5, 0.6) is 5.75 Å². The highest BCUT2D eigenvalue weighted by molar-refractivity contribution is 9.10. The summed E-state index contributed by atoms with van der Waals surface area (Å²) in [5, 5.41) is 10.4. The summed E-state index contributed by atoms with van der Waals surface area (Å²) in [6.45, 7) is 4.15. The monoisotopic (exact) mass is 621 g/mol. The van der Waals surface area contributed by atoms with E-state index in [0.29, 0.717) is 42.0 Å². The number of nitrogens with zero attached hydrogens (tertiary/aromatic N) is 2. The van der Waals surface area contributed by atoms with E-state index in [2.05, 4.69) is 22.0 Å². The molecule has 1 unspecified atom stereocenters. The Balaban J connectivity index is 1.62. The zero-order chi connectivity index (χ0) is 29.5. The zero-order valence-electron chi connectivity index (χ0n) is 22.5. The van der Waals surface area contributed by atoms with Gasteiger partial charge in [-0.2, -0.15) is 18.4 Å². The first kappa shape index (κ1) is 28.5. The van der Waals surface area contributed by atoms with Crippen LogP contribution in [0.3, 0.4) is 0 Å². The lowest BCUT2D eigenvalue weighted by atomic mass is 9.73. The number of alkyl halides is 3. The first-order valence-corrected chi connectivity index (χ1v) is 13.9. The summed E-state index contributed by atoms with van der Waals surface area (Å²) in [7, 11) is 0. The molecule has 1 heterocycles. The molecule has 2 N–H and O–H groups in total. The fraction of sp³-hybridized carbons (Fsp3) is 0.250. The van der Waals surface area contributed by atoms with Gasteiger partial charge < -0.3 is 10.5 Å². The van der Waals surface area contributed by atoms with E-state index >= 15 is 0 Å². The third kappa shape index (κ3) is 5.36. The average molecular weight is 622 g/mol. The molecule has 0 aromatic heterocycles. The molecule has 2 aliphatic rings. The van der Waals surface area contributed by atoms with Crippen molar-refractivity contribution in [3.63, 3.8) is 0 Å². The number of nitriles is 1. The van der Waals surface area contributed by atoms with Gasteiger partial charge in [-0.1, -0.05) is 29.8 Å². The topological polar surface area (TPSA) is 79.3 Å². The van der Waals surface area contributed by atoms with E-state index in [1.54, 1.807) is 4.90 Å². The highest BCUT2D eigenvalue weighted by atomic mass is 79.9. The quantitative estimate of drug-likeness (QED) is 0.312. The molecule has 0 saturated heterocycles. The molecule has 0 bridgehead atoms. The van der Waals surface area contributed by atoms with Crippen LogP contribution in [0.1, 0.15) is 53.0 Å². The van der Waals surface area contributed by atoms with Crippen LogP contribution in [0.15, 0.2) is 87.8 Å². The standard InChI is InChI=1S/C32H27BrF3N3O2/c1-18-14-20(17-41-28-9-4-3-6-25(28)33)19(2)23(15-18)29-24(16-37)31(38)39(26-7-5-8-27(40)30(26)29)22-12-10-21(11-13-22)32(34,35)36/h3-4,6,9-15,29H,5,7-8,17,38H2,1-2H3. The van der Waals surface area contributed by atoms with Gasteiger partial charge in [0.05, 0.1) is 27.6 Å². The molecule has 0 amide bonds. The van der Waals surface area contributed by atoms with Gasteiger partial charge in [0.25, 0.3) is 0 Å².